The van der Waals surface area contributed by atoms with E-state index in [0.717, 1.165) is 34.2 Å². The molecule has 8 heteroatoms. The van der Waals surface area contributed by atoms with Gasteiger partial charge in [0.15, 0.2) is 0 Å². The number of nitrogens with zero attached hydrogens (tertiary/aromatic N) is 1. The second kappa shape index (κ2) is 10.8. The monoisotopic (exact) mass is 456 g/mol. The number of hydrogen-bond acceptors (Lipinski definition) is 4. The molecule has 168 valence electrons. The van der Waals surface area contributed by atoms with Crippen molar-refractivity contribution in [3.8, 4) is 5.75 Å². The Balaban J connectivity index is 1.65. The summed E-state index contributed by atoms with van der Waals surface area (Å²) in [5.74, 6) is -0.153. The molecular weight excluding hydrogens is 431 g/mol. The Hall–Kier alpha value is -3.39. The average molecular weight is 457 g/mol. The second-order valence-electron chi connectivity index (χ2n) is 7.10. The fourth-order valence-corrected chi connectivity index (χ4v) is 4.58. The summed E-state index contributed by atoms with van der Waals surface area (Å²) in [6.45, 7) is -0.0150. The lowest BCUT2D eigenvalue weighted by Gasteiger charge is -2.24. The number of amides is 1. The number of anilines is 1. The molecule has 0 atom stereocenters. The minimum atomic E-state index is -4.00. The lowest BCUT2D eigenvalue weighted by molar-refractivity contribution is -0.119. The fraction of sp³-hybridized carbons (Fsp3) is 0.208. The maximum absolute atomic E-state index is 13.4. The quantitative estimate of drug-likeness (QED) is 0.471. The van der Waals surface area contributed by atoms with Crippen LogP contribution in [0.25, 0.3) is 0 Å². The SMILES string of the molecule is COc1ccc(CCCNC(=O)CN(c2ccc(F)cc2)S(=O)(=O)c2ccccc2)cc1. The van der Waals surface area contributed by atoms with E-state index in [2.05, 4.69) is 5.32 Å². The number of methoxy groups -OCH3 is 1. The maximum Gasteiger partial charge on any atom is 0.264 e. The highest BCUT2D eigenvalue weighted by molar-refractivity contribution is 7.92. The van der Waals surface area contributed by atoms with Gasteiger partial charge in [0.2, 0.25) is 5.91 Å². The van der Waals surface area contributed by atoms with Crippen molar-refractivity contribution in [2.45, 2.75) is 17.7 Å². The number of benzene rings is 3. The molecule has 1 amide bonds. The van der Waals surface area contributed by atoms with E-state index in [1.807, 2.05) is 24.3 Å². The molecule has 0 aliphatic rings. The molecule has 0 radical (unpaired) electrons. The molecule has 3 aromatic carbocycles. The summed E-state index contributed by atoms with van der Waals surface area (Å²) in [6, 6.07) is 20.5. The minimum absolute atomic E-state index is 0.0524. The van der Waals surface area contributed by atoms with Crippen LogP contribution < -0.4 is 14.4 Å². The van der Waals surface area contributed by atoms with Crippen LogP contribution in [0, 0.1) is 5.82 Å². The fourth-order valence-electron chi connectivity index (χ4n) is 3.14. The molecule has 0 bridgehead atoms. The van der Waals surface area contributed by atoms with Gasteiger partial charge in [0.25, 0.3) is 10.0 Å². The van der Waals surface area contributed by atoms with Gasteiger partial charge in [-0.2, -0.15) is 0 Å². The third-order valence-corrected chi connectivity index (χ3v) is 6.64. The average Bonchev–Trinajstić information content (AvgIpc) is 2.82. The molecule has 0 aromatic heterocycles. The number of aryl methyl sites for hydroxylation is 1. The summed E-state index contributed by atoms with van der Waals surface area (Å²) >= 11 is 0. The van der Waals surface area contributed by atoms with Gasteiger partial charge in [0.1, 0.15) is 18.1 Å². The van der Waals surface area contributed by atoms with Crippen molar-refractivity contribution in [2.75, 3.05) is 24.5 Å². The van der Waals surface area contributed by atoms with Gasteiger partial charge in [-0.3, -0.25) is 9.10 Å². The Kier molecular flexibility index (Phi) is 7.83. The number of nitrogens with one attached hydrogen (secondary N) is 1. The summed E-state index contributed by atoms with van der Waals surface area (Å²) < 4.78 is 45.8. The highest BCUT2D eigenvalue weighted by Crippen LogP contribution is 2.23. The van der Waals surface area contributed by atoms with Gasteiger partial charge in [-0.25, -0.2) is 12.8 Å². The first-order valence-electron chi connectivity index (χ1n) is 10.1. The molecule has 6 nitrogen and oxygen atoms in total. The van der Waals surface area contributed by atoms with Crippen LogP contribution in [0.5, 0.6) is 5.75 Å². The molecule has 1 N–H and O–H groups in total. The molecule has 32 heavy (non-hydrogen) atoms. The first-order valence-corrected chi connectivity index (χ1v) is 11.6. The van der Waals surface area contributed by atoms with E-state index in [-0.39, 0.29) is 10.6 Å². The Morgan fingerprint density at radius 3 is 2.25 bits per heavy atom. The van der Waals surface area contributed by atoms with Crippen LogP contribution in [0.15, 0.2) is 83.8 Å². The third-order valence-electron chi connectivity index (χ3n) is 4.86. The lowest BCUT2D eigenvalue weighted by atomic mass is 10.1. The molecule has 0 aliphatic carbocycles. The van der Waals surface area contributed by atoms with Crippen LogP contribution in [0.3, 0.4) is 0 Å². The summed E-state index contributed by atoms with van der Waals surface area (Å²) in [6.07, 6.45) is 1.45. The largest absolute Gasteiger partial charge is 0.497 e. The summed E-state index contributed by atoms with van der Waals surface area (Å²) in [5, 5.41) is 2.77. The molecule has 0 fully saturated rings. The van der Waals surface area contributed by atoms with Crippen LogP contribution in [0.4, 0.5) is 10.1 Å². The Morgan fingerprint density at radius 1 is 0.969 bits per heavy atom. The Morgan fingerprint density at radius 2 is 1.62 bits per heavy atom. The number of halogens is 1. The number of rotatable bonds is 10. The van der Waals surface area contributed by atoms with Crippen LogP contribution in [0.2, 0.25) is 0 Å². The van der Waals surface area contributed by atoms with Gasteiger partial charge >= 0.3 is 0 Å². The third kappa shape index (κ3) is 6.07. The van der Waals surface area contributed by atoms with Crippen LogP contribution in [-0.2, 0) is 21.2 Å². The smallest absolute Gasteiger partial charge is 0.264 e. The van der Waals surface area contributed by atoms with Crippen LogP contribution in [-0.4, -0.2) is 34.5 Å². The number of carbonyl (C=O) groups is 1. The lowest BCUT2D eigenvalue weighted by Crippen LogP contribution is -2.41. The predicted octanol–water partition coefficient (Wildman–Crippen LogP) is 3.78. The Labute approximate surface area is 187 Å². The first kappa shape index (κ1) is 23.3. The number of ether oxygens (including phenoxy) is 1. The van der Waals surface area contributed by atoms with Crippen LogP contribution >= 0.6 is 0 Å². The zero-order valence-corrected chi connectivity index (χ0v) is 18.5. The Bertz CT molecular complexity index is 1120. The molecule has 3 rings (SSSR count). The number of carbonyl (C=O) groups excluding carboxylic acids is 1. The van der Waals surface area contributed by atoms with E-state index in [0.29, 0.717) is 13.0 Å². The van der Waals surface area contributed by atoms with Gasteiger partial charge in [-0.15, -0.1) is 0 Å². The topological polar surface area (TPSA) is 75.7 Å². The summed E-state index contributed by atoms with van der Waals surface area (Å²) in [4.78, 5) is 12.6. The standard InChI is InChI=1S/C24H25FN2O4S/c1-31-22-15-9-19(10-16-22)6-5-17-26-24(28)18-27(21-13-11-20(25)12-14-21)32(29,30)23-7-3-2-4-8-23/h2-4,7-16H,5-6,17-18H2,1H3,(H,26,28). The molecule has 0 spiro atoms. The van der Waals surface area contributed by atoms with Crippen molar-refractivity contribution < 1.29 is 22.3 Å². The number of hydrogen-bond donors (Lipinski definition) is 1. The van der Waals surface area contributed by atoms with Gasteiger partial charge in [0, 0.05) is 6.54 Å². The molecule has 0 aliphatic heterocycles. The first-order chi connectivity index (χ1) is 15.4. The van der Waals surface area contributed by atoms with E-state index in [1.54, 1.807) is 25.3 Å². The van der Waals surface area contributed by atoms with E-state index in [1.165, 1.54) is 24.3 Å². The van der Waals surface area contributed by atoms with Crippen molar-refractivity contribution in [3.05, 3.63) is 90.2 Å². The van der Waals surface area contributed by atoms with Gasteiger partial charge in [0.05, 0.1) is 17.7 Å². The van der Waals surface area contributed by atoms with Crippen molar-refractivity contribution >= 4 is 21.6 Å². The van der Waals surface area contributed by atoms with Gasteiger partial charge < -0.3 is 10.1 Å². The molecular formula is C24H25FN2O4S. The van der Waals surface area contributed by atoms with Gasteiger partial charge in [-0.1, -0.05) is 30.3 Å². The molecule has 0 saturated carbocycles. The van der Waals surface area contributed by atoms with E-state index < -0.39 is 28.3 Å². The second-order valence-corrected chi connectivity index (χ2v) is 8.97. The molecule has 0 unspecified atom stereocenters. The summed E-state index contributed by atoms with van der Waals surface area (Å²) in [5.41, 5.74) is 1.32. The minimum Gasteiger partial charge on any atom is -0.497 e. The highest BCUT2D eigenvalue weighted by Gasteiger charge is 2.27. The normalized spacial score (nSPS) is 11.1. The zero-order chi connectivity index (χ0) is 23.0. The maximum atomic E-state index is 13.4. The summed E-state index contributed by atoms with van der Waals surface area (Å²) in [7, 11) is -2.40. The molecule has 0 saturated heterocycles. The number of sulfonamides is 1. The van der Waals surface area contributed by atoms with Crippen molar-refractivity contribution in [2.24, 2.45) is 0 Å². The van der Waals surface area contributed by atoms with E-state index in [9.17, 15) is 17.6 Å². The van der Waals surface area contributed by atoms with E-state index >= 15 is 0 Å². The van der Waals surface area contributed by atoms with Gasteiger partial charge in [-0.05, 0) is 66.9 Å². The van der Waals surface area contributed by atoms with Crippen molar-refractivity contribution in [1.29, 1.82) is 0 Å². The van der Waals surface area contributed by atoms with Crippen LogP contribution in [0.1, 0.15) is 12.0 Å². The zero-order valence-electron chi connectivity index (χ0n) is 17.7. The van der Waals surface area contributed by atoms with Crippen molar-refractivity contribution in [3.63, 3.8) is 0 Å². The highest BCUT2D eigenvalue weighted by atomic mass is 32.2. The van der Waals surface area contributed by atoms with E-state index in [4.69, 9.17) is 4.74 Å². The van der Waals surface area contributed by atoms with Crippen molar-refractivity contribution in [1.82, 2.24) is 5.32 Å². The molecule has 3 aromatic rings. The molecule has 0 heterocycles. The predicted molar refractivity (Wildman–Crippen MR) is 122 cm³/mol.